The Labute approximate surface area is 204 Å². The van der Waals surface area contributed by atoms with Crippen LogP contribution in [0.15, 0.2) is 48.5 Å². The lowest BCUT2D eigenvalue weighted by Gasteiger charge is -2.36. The number of hydrogen-bond donors (Lipinski definition) is 0. The monoisotopic (exact) mass is 484 g/mol. The molecule has 2 heterocycles. The van der Waals surface area contributed by atoms with Crippen LogP contribution < -0.4 is 4.90 Å². The van der Waals surface area contributed by atoms with E-state index < -0.39 is 11.7 Å². The highest BCUT2D eigenvalue weighted by Gasteiger charge is 2.44. The van der Waals surface area contributed by atoms with Crippen molar-refractivity contribution < 1.29 is 18.0 Å². The van der Waals surface area contributed by atoms with E-state index in [4.69, 9.17) is 5.26 Å². The van der Waals surface area contributed by atoms with Crippen molar-refractivity contribution in [2.45, 2.75) is 25.6 Å². The smallest absolute Gasteiger partial charge is 0.370 e. The van der Waals surface area contributed by atoms with E-state index in [1.165, 1.54) is 11.6 Å². The summed E-state index contributed by atoms with van der Waals surface area (Å²) in [7, 11) is 3.46. The van der Waals surface area contributed by atoms with E-state index in [1.54, 1.807) is 31.1 Å². The fraction of sp³-hybridized carbons (Fsp3) is 0.481. The van der Waals surface area contributed by atoms with Gasteiger partial charge >= 0.3 is 6.18 Å². The van der Waals surface area contributed by atoms with Crippen LogP contribution in [0, 0.1) is 29.1 Å². The molecule has 2 aliphatic heterocycles. The molecule has 2 fully saturated rings. The Morgan fingerprint density at radius 1 is 1.09 bits per heavy atom. The normalized spacial score (nSPS) is 21.7. The highest BCUT2D eigenvalue weighted by molar-refractivity contribution is 5.80. The lowest BCUT2D eigenvalue weighted by atomic mass is 9.78. The van der Waals surface area contributed by atoms with Gasteiger partial charge in [0.15, 0.2) is 0 Å². The summed E-state index contributed by atoms with van der Waals surface area (Å²) < 4.78 is 40.6. The number of anilines is 1. The van der Waals surface area contributed by atoms with Gasteiger partial charge in [0, 0.05) is 39.4 Å². The van der Waals surface area contributed by atoms with Gasteiger partial charge in [-0.2, -0.15) is 18.4 Å². The van der Waals surface area contributed by atoms with E-state index in [9.17, 15) is 18.0 Å². The maximum atomic E-state index is 13.5. The predicted molar refractivity (Wildman–Crippen MR) is 128 cm³/mol. The number of alkyl halides is 3. The van der Waals surface area contributed by atoms with Crippen LogP contribution in [0.25, 0.3) is 0 Å². The van der Waals surface area contributed by atoms with Gasteiger partial charge in [-0.25, -0.2) is 0 Å². The summed E-state index contributed by atoms with van der Waals surface area (Å²) in [5.41, 5.74) is 0.381. The first-order valence-electron chi connectivity index (χ1n) is 12.0. The lowest BCUT2D eigenvalue weighted by molar-refractivity contribution is -0.137. The molecule has 5 nitrogen and oxygen atoms in total. The fourth-order valence-corrected chi connectivity index (χ4v) is 5.55. The van der Waals surface area contributed by atoms with Crippen LogP contribution >= 0.6 is 0 Å². The molecular weight excluding hydrogens is 453 g/mol. The Kier molecular flexibility index (Phi) is 7.36. The number of likely N-dealkylation sites (tertiary alicyclic amines) is 1. The van der Waals surface area contributed by atoms with E-state index in [0.717, 1.165) is 38.5 Å². The molecule has 186 valence electrons. The van der Waals surface area contributed by atoms with Gasteiger partial charge < -0.3 is 9.80 Å². The topological polar surface area (TPSA) is 50.6 Å². The average molecular weight is 485 g/mol. The average Bonchev–Trinajstić information content (AvgIpc) is 3.29. The standard InChI is InChI=1S/C27H31F3N4O/c1-32(2)26(35)24-18-34(22-9-8-21(15-31)25(14-22)27(28,29)30)17-23(24)20-10-12-33(13-11-20)16-19-6-4-3-5-7-19/h3-9,14,20,23-24H,10-13,16-18H2,1-2H3/t23-,24+/m0/s1. The third-order valence-corrected chi connectivity index (χ3v) is 7.40. The minimum Gasteiger partial charge on any atom is -0.370 e. The lowest BCUT2D eigenvalue weighted by Crippen LogP contribution is -2.41. The molecule has 2 saturated heterocycles. The molecule has 2 aliphatic rings. The molecule has 2 aromatic rings. The fourth-order valence-electron chi connectivity index (χ4n) is 5.55. The molecule has 8 heteroatoms. The van der Waals surface area contributed by atoms with Crippen molar-refractivity contribution in [2.24, 2.45) is 17.8 Å². The summed E-state index contributed by atoms with van der Waals surface area (Å²) in [6.45, 7) is 3.70. The summed E-state index contributed by atoms with van der Waals surface area (Å²) in [5.74, 6) is 0.171. The zero-order chi connectivity index (χ0) is 25.2. The highest BCUT2D eigenvalue weighted by Crippen LogP contribution is 2.40. The van der Waals surface area contributed by atoms with Crippen molar-refractivity contribution in [2.75, 3.05) is 45.2 Å². The predicted octanol–water partition coefficient (Wildman–Crippen LogP) is 4.63. The van der Waals surface area contributed by atoms with Crippen molar-refractivity contribution in [3.8, 4) is 6.07 Å². The number of rotatable bonds is 5. The van der Waals surface area contributed by atoms with Crippen molar-refractivity contribution in [3.63, 3.8) is 0 Å². The maximum Gasteiger partial charge on any atom is 0.417 e. The van der Waals surface area contributed by atoms with E-state index in [2.05, 4.69) is 17.0 Å². The second kappa shape index (κ2) is 10.3. The number of benzene rings is 2. The number of nitrogens with zero attached hydrogens (tertiary/aromatic N) is 4. The van der Waals surface area contributed by atoms with Crippen LogP contribution in [0.1, 0.15) is 29.5 Å². The minimum absolute atomic E-state index is 0.0221. The molecule has 0 spiro atoms. The molecule has 0 aliphatic carbocycles. The van der Waals surface area contributed by atoms with Crippen molar-refractivity contribution in [3.05, 3.63) is 65.2 Å². The number of halogens is 3. The molecule has 35 heavy (non-hydrogen) atoms. The first kappa shape index (κ1) is 25.1. The Morgan fingerprint density at radius 3 is 2.37 bits per heavy atom. The summed E-state index contributed by atoms with van der Waals surface area (Å²) in [4.78, 5) is 19.0. The molecule has 2 atom stereocenters. The van der Waals surface area contributed by atoms with Crippen LogP contribution in [0.4, 0.5) is 18.9 Å². The molecule has 2 aromatic carbocycles. The third-order valence-electron chi connectivity index (χ3n) is 7.40. The highest BCUT2D eigenvalue weighted by atomic mass is 19.4. The van der Waals surface area contributed by atoms with Gasteiger partial charge in [0.1, 0.15) is 0 Å². The number of hydrogen-bond acceptors (Lipinski definition) is 4. The maximum absolute atomic E-state index is 13.5. The van der Waals surface area contributed by atoms with Crippen molar-refractivity contribution >= 4 is 11.6 Å². The number of amides is 1. The van der Waals surface area contributed by atoms with Crippen molar-refractivity contribution in [1.82, 2.24) is 9.80 Å². The van der Waals surface area contributed by atoms with Crippen LogP contribution in [-0.2, 0) is 17.5 Å². The van der Waals surface area contributed by atoms with Gasteiger partial charge in [-0.1, -0.05) is 30.3 Å². The number of nitriles is 1. The Bertz CT molecular complexity index is 1070. The van der Waals surface area contributed by atoms with E-state index in [1.807, 2.05) is 23.1 Å². The first-order valence-corrected chi connectivity index (χ1v) is 12.0. The Hall–Kier alpha value is -3.05. The van der Waals surface area contributed by atoms with Crippen LogP contribution in [0.2, 0.25) is 0 Å². The van der Waals surface area contributed by atoms with Gasteiger partial charge in [-0.3, -0.25) is 9.69 Å². The molecular formula is C27H31F3N4O. The largest absolute Gasteiger partial charge is 0.417 e. The van der Waals surface area contributed by atoms with E-state index in [0.29, 0.717) is 24.7 Å². The van der Waals surface area contributed by atoms with Gasteiger partial charge in [-0.15, -0.1) is 0 Å². The second-order valence-electron chi connectivity index (χ2n) is 9.85. The first-order chi connectivity index (χ1) is 16.7. The Balaban J connectivity index is 1.50. The zero-order valence-electron chi connectivity index (χ0n) is 20.1. The summed E-state index contributed by atoms with van der Waals surface area (Å²) >= 11 is 0. The summed E-state index contributed by atoms with van der Waals surface area (Å²) in [5, 5.41) is 9.12. The van der Waals surface area contributed by atoms with Gasteiger partial charge in [0.05, 0.1) is 23.1 Å². The number of carbonyl (C=O) groups is 1. The van der Waals surface area contributed by atoms with Crippen molar-refractivity contribution in [1.29, 1.82) is 5.26 Å². The molecule has 0 bridgehead atoms. The van der Waals surface area contributed by atoms with Gasteiger partial charge in [0.2, 0.25) is 5.91 Å². The second-order valence-corrected chi connectivity index (χ2v) is 9.85. The quantitative estimate of drug-likeness (QED) is 0.621. The molecule has 4 rings (SSSR count). The zero-order valence-corrected chi connectivity index (χ0v) is 20.1. The van der Waals surface area contributed by atoms with Crippen LogP contribution in [-0.4, -0.2) is 56.0 Å². The van der Waals surface area contributed by atoms with Crippen LogP contribution in [0.5, 0.6) is 0 Å². The Morgan fingerprint density at radius 2 is 1.77 bits per heavy atom. The van der Waals surface area contributed by atoms with E-state index in [-0.39, 0.29) is 23.3 Å². The molecule has 0 saturated carbocycles. The molecule has 0 unspecified atom stereocenters. The minimum atomic E-state index is -4.61. The van der Waals surface area contributed by atoms with E-state index >= 15 is 0 Å². The SMILES string of the molecule is CN(C)C(=O)[C@@H]1CN(c2ccc(C#N)c(C(F)(F)F)c2)C[C@H]1C1CCN(Cc2ccccc2)CC1. The molecule has 0 aromatic heterocycles. The number of piperidine rings is 1. The van der Waals surface area contributed by atoms with Gasteiger partial charge in [-0.05, 0) is 61.5 Å². The van der Waals surface area contributed by atoms with Gasteiger partial charge in [0.25, 0.3) is 0 Å². The summed E-state index contributed by atoms with van der Waals surface area (Å²) in [6, 6.07) is 15.8. The summed E-state index contributed by atoms with van der Waals surface area (Å²) in [6.07, 6.45) is -2.68. The molecule has 0 radical (unpaired) electrons. The molecule has 0 N–H and O–H groups in total. The number of carbonyl (C=O) groups excluding carboxylic acids is 1. The third kappa shape index (κ3) is 5.62. The molecule has 1 amide bonds. The van der Waals surface area contributed by atoms with Crippen LogP contribution in [0.3, 0.4) is 0 Å².